The van der Waals surface area contributed by atoms with Crippen molar-refractivity contribution in [3.63, 3.8) is 0 Å². The summed E-state index contributed by atoms with van der Waals surface area (Å²) in [5, 5.41) is 9.42. The number of hydrogen-bond acceptors (Lipinski definition) is 3. The van der Waals surface area contributed by atoms with Gasteiger partial charge < -0.3 is 5.32 Å². The third-order valence-electron chi connectivity index (χ3n) is 2.35. The largest absolute Gasteiger partial charge is 0.324 e. The van der Waals surface area contributed by atoms with Gasteiger partial charge in [-0.25, -0.2) is 9.78 Å². The molecule has 0 spiro atoms. The second kappa shape index (κ2) is 5.31. The number of nitrogens with one attached hydrogen (secondary N) is 2. The van der Waals surface area contributed by atoms with Crippen LogP contribution in [0.1, 0.15) is 12.6 Å². The maximum Gasteiger partial charge on any atom is 0.324 e. The van der Waals surface area contributed by atoms with E-state index < -0.39 is 0 Å². The van der Waals surface area contributed by atoms with E-state index in [1.165, 1.54) is 0 Å². The Balaban J connectivity index is 1.96. The molecule has 2 aromatic heterocycles. The first-order valence-electron chi connectivity index (χ1n) is 5.71. The van der Waals surface area contributed by atoms with Gasteiger partial charge in [0.25, 0.3) is 0 Å². The summed E-state index contributed by atoms with van der Waals surface area (Å²) in [6.07, 6.45) is 3.37. The van der Waals surface area contributed by atoms with Crippen LogP contribution in [0.25, 0.3) is 0 Å². The van der Waals surface area contributed by atoms with Crippen LogP contribution in [-0.4, -0.2) is 20.8 Å². The van der Waals surface area contributed by atoms with Gasteiger partial charge in [0.15, 0.2) is 0 Å². The fourth-order valence-electron chi connectivity index (χ4n) is 1.49. The monoisotopic (exact) mass is 245 g/mol. The van der Waals surface area contributed by atoms with Crippen LogP contribution in [0.5, 0.6) is 0 Å². The second-order valence-electron chi connectivity index (χ2n) is 3.83. The number of carbonyl (C=O) groups excluding carboxylic acids is 1. The van der Waals surface area contributed by atoms with Crippen LogP contribution in [0.2, 0.25) is 0 Å². The van der Waals surface area contributed by atoms with E-state index in [1.807, 2.05) is 26.0 Å². The highest BCUT2D eigenvalue weighted by molar-refractivity contribution is 5.98. The van der Waals surface area contributed by atoms with Crippen molar-refractivity contribution in [1.82, 2.24) is 14.8 Å². The number of carbonyl (C=O) groups is 1. The molecule has 0 aliphatic heterocycles. The maximum absolute atomic E-state index is 11.7. The average Bonchev–Trinajstić information content (AvgIpc) is 2.76. The summed E-state index contributed by atoms with van der Waals surface area (Å²) < 4.78 is 1.74. The molecule has 6 nitrogen and oxygen atoms in total. The zero-order valence-corrected chi connectivity index (χ0v) is 10.3. The Labute approximate surface area is 105 Å². The number of amides is 2. The maximum atomic E-state index is 11.7. The lowest BCUT2D eigenvalue weighted by Gasteiger charge is -2.05. The average molecular weight is 245 g/mol. The molecule has 2 amide bonds. The molecule has 0 saturated heterocycles. The van der Waals surface area contributed by atoms with Crippen LogP contribution >= 0.6 is 0 Å². The molecule has 0 unspecified atom stereocenters. The number of pyridine rings is 1. The molecule has 2 heterocycles. The third-order valence-corrected chi connectivity index (χ3v) is 2.35. The number of rotatable bonds is 3. The van der Waals surface area contributed by atoms with E-state index in [0.29, 0.717) is 11.5 Å². The predicted octanol–water partition coefficient (Wildman–Crippen LogP) is 2.25. The van der Waals surface area contributed by atoms with Crippen LogP contribution in [0.4, 0.5) is 16.3 Å². The third kappa shape index (κ3) is 3.07. The summed E-state index contributed by atoms with van der Waals surface area (Å²) >= 11 is 0. The SMILES string of the molecule is CCn1cc(NC(=O)Nc2cccc(C)n2)cn1. The van der Waals surface area contributed by atoms with Crippen molar-refractivity contribution in [3.8, 4) is 0 Å². The highest BCUT2D eigenvalue weighted by Gasteiger charge is 2.05. The van der Waals surface area contributed by atoms with E-state index in [0.717, 1.165) is 12.2 Å². The second-order valence-corrected chi connectivity index (χ2v) is 3.83. The van der Waals surface area contributed by atoms with Crippen molar-refractivity contribution in [2.75, 3.05) is 10.6 Å². The van der Waals surface area contributed by atoms with Gasteiger partial charge in [0.2, 0.25) is 0 Å². The van der Waals surface area contributed by atoms with Crippen LogP contribution in [0.3, 0.4) is 0 Å². The van der Waals surface area contributed by atoms with E-state index >= 15 is 0 Å². The molecule has 0 radical (unpaired) electrons. The van der Waals surface area contributed by atoms with Crippen LogP contribution in [0.15, 0.2) is 30.6 Å². The van der Waals surface area contributed by atoms with Gasteiger partial charge in [0, 0.05) is 18.4 Å². The van der Waals surface area contributed by atoms with Gasteiger partial charge in [-0.2, -0.15) is 5.10 Å². The molecule has 2 N–H and O–H groups in total. The van der Waals surface area contributed by atoms with Gasteiger partial charge in [0.05, 0.1) is 11.9 Å². The molecule has 2 aromatic rings. The molecule has 0 aliphatic carbocycles. The Hall–Kier alpha value is -2.37. The van der Waals surface area contributed by atoms with Crippen molar-refractivity contribution in [2.45, 2.75) is 20.4 Å². The topological polar surface area (TPSA) is 71.8 Å². The first kappa shape index (κ1) is 12.1. The lowest BCUT2D eigenvalue weighted by molar-refractivity contribution is 0.262. The molecule has 0 saturated carbocycles. The van der Waals surface area contributed by atoms with Crippen LogP contribution < -0.4 is 10.6 Å². The zero-order chi connectivity index (χ0) is 13.0. The summed E-state index contributed by atoms with van der Waals surface area (Å²) in [6.45, 7) is 4.62. The van der Waals surface area contributed by atoms with Crippen molar-refractivity contribution < 1.29 is 4.79 Å². The van der Waals surface area contributed by atoms with Gasteiger partial charge in [-0.05, 0) is 26.0 Å². The Kier molecular flexibility index (Phi) is 3.57. The Bertz CT molecular complexity index is 549. The fourth-order valence-corrected chi connectivity index (χ4v) is 1.49. The molecule has 0 bridgehead atoms. The lowest BCUT2D eigenvalue weighted by atomic mass is 10.4. The standard InChI is InChI=1S/C12H15N5O/c1-3-17-8-10(7-13-17)15-12(18)16-11-6-4-5-9(2)14-11/h4-8H,3H2,1-2H3,(H2,14,15,16,18). The van der Waals surface area contributed by atoms with Gasteiger partial charge in [-0.3, -0.25) is 10.00 Å². The summed E-state index contributed by atoms with van der Waals surface area (Å²) in [5.74, 6) is 0.524. The molecule has 0 aromatic carbocycles. The van der Waals surface area contributed by atoms with Gasteiger partial charge >= 0.3 is 6.03 Å². The van der Waals surface area contributed by atoms with Gasteiger partial charge in [0.1, 0.15) is 5.82 Å². The summed E-state index contributed by atoms with van der Waals surface area (Å²) in [5.41, 5.74) is 1.51. The Morgan fingerprint density at radius 3 is 2.89 bits per heavy atom. The van der Waals surface area contributed by atoms with E-state index in [-0.39, 0.29) is 6.03 Å². The molecular formula is C12H15N5O. The first-order chi connectivity index (χ1) is 8.67. The van der Waals surface area contributed by atoms with Crippen LogP contribution in [0, 0.1) is 6.92 Å². The molecule has 94 valence electrons. The summed E-state index contributed by atoms with van der Waals surface area (Å²) in [4.78, 5) is 15.9. The van der Waals surface area contributed by atoms with Gasteiger partial charge in [-0.15, -0.1) is 0 Å². The molecular weight excluding hydrogens is 230 g/mol. The fraction of sp³-hybridized carbons (Fsp3) is 0.250. The number of anilines is 2. The number of urea groups is 1. The van der Waals surface area contributed by atoms with Crippen molar-refractivity contribution >= 4 is 17.5 Å². The number of aryl methyl sites for hydroxylation is 2. The van der Waals surface area contributed by atoms with E-state index in [2.05, 4.69) is 20.7 Å². The normalized spacial score (nSPS) is 10.1. The van der Waals surface area contributed by atoms with E-state index in [4.69, 9.17) is 0 Å². The molecule has 0 fully saturated rings. The lowest BCUT2D eigenvalue weighted by Crippen LogP contribution is -2.19. The van der Waals surface area contributed by atoms with Crippen molar-refractivity contribution in [2.24, 2.45) is 0 Å². The number of hydrogen-bond donors (Lipinski definition) is 2. The number of nitrogens with zero attached hydrogens (tertiary/aromatic N) is 3. The number of aromatic nitrogens is 3. The van der Waals surface area contributed by atoms with Crippen molar-refractivity contribution in [3.05, 3.63) is 36.3 Å². The minimum atomic E-state index is -0.330. The molecule has 0 aliphatic rings. The minimum Gasteiger partial charge on any atom is -0.305 e. The highest BCUT2D eigenvalue weighted by Crippen LogP contribution is 2.07. The quantitative estimate of drug-likeness (QED) is 0.871. The predicted molar refractivity (Wildman–Crippen MR) is 69.5 cm³/mol. The summed E-state index contributed by atoms with van der Waals surface area (Å²) in [7, 11) is 0. The molecule has 18 heavy (non-hydrogen) atoms. The zero-order valence-electron chi connectivity index (χ0n) is 10.3. The van der Waals surface area contributed by atoms with Crippen LogP contribution in [-0.2, 0) is 6.54 Å². The smallest absolute Gasteiger partial charge is 0.305 e. The molecule has 6 heteroatoms. The van der Waals surface area contributed by atoms with E-state index in [9.17, 15) is 4.79 Å². The first-order valence-corrected chi connectivity index (χ1v) is 5.71. The highest BCUT2D eigenvalue weighted by atomic mass is 16.2. The summed E-state index contributed by atoms with van der Waals surface area (Å²) in [6, 6.07) is 5.12. The molecule has 0 atom stereocenters. The van der Waals surface area contributed by atoms with Gasteiger partial charge in [-0.1, -0.05) is 6.07 Å². The van der Waals surface area contributed by atoms with Crippen molar-refractivity contribution in [1.29, 1.82) is 0 Å². The Morgan fingerprint density at radius 2 is 2.22 bits per heavy atom. The Morgan fingerprint density at radius 1 is 1.39 bits per heavy atom. The van der Waals surface area contributed by atoms with E-state index in [1.54, 1.807) is 23.1 Å². The molecule has 2 rings (SSSR count). The minimum absolute atomic E-state index is 0.330.